The molecule has 0 aromatic rings. The quantitative estimate of drug-likeness (QED) is 0.0693. The van der Waals surface area contributed by atoms with Crippen LogP contribution in [0.4, 0.5) is 0 Å². The Balaban J connectivity index is 4.76. The summed E-state index contributed by atoms with van der Waals surface area (Å²) in [5, 5.41) is 13.4. The van der Waals surface area contributed by atoms with Crippen LogP contribution in [0.3, 0.4) is 0 Å². The summed E-state index contributed by atoms with van der Waals surface area (Å²) in [6.07, 6.45) is 18.7. The minimum atomic E-state index is -4.31. The van der Waals surface area contributed by atoms with Crippen molar-refractivity contribution < 1.29 is 32.9 Å². The molecule has 3 N–H and O–H groups in total. The maximum atomic E-state index is 12.4. The number of allylic oxidation sites excluding steroid dienone is 3. The van der Waals surface area contributed by atoms with Gasteiger partial charge in [0.05, 0.1) is 39.9 Å². The molecule has 0 radical (unpaired) electrons. The number of phosphoric acid groups is 1. The lowest BCUT2D eigenvalue weighted by Crippen LogP contribution is -2.45. The van der Waals surface area contributed by atoms with Crippen LogP contribution in [-0.2, 0) is 18.4 Å². The number of aliphatic hydroxyl groups excluding tert-OH is 1. The van der Waals surface area contributed by atoms with Gasteiger partial charge in [-0.2, -0.15) is 0 Å². The fourth-order valence-electron chi connectivity index (χ4n) is 3.35. The van der Waals surface area contributed by atoms with Crippen LogP contribution >= 0.6 is 7.82 Å². The van der Waals surface area contributed by atoms with Crippen molar-refractivity contribution in [2.45, 2.75) is 103 Å². The zero-order valence-electron chi connectivity index (χ0n) is 23.5. The molecular formula is C27H54N2O6P+. The smallest absolute Gasteiger partial charge is 0.387 e. The lowest BCUT2D eigenvalue weighted by molar-refractivity contribution is -0.870. The van der Waals surface area contributed by atoms with Crippen LogP contribution in [-0.4, -0.2) is 73.4 Å². The third-order valence-corrected chi connectivity index (χ3v) is 6.66. The third kappa shape index (κ3) is 22.2. The summed E-state index contributed by atoms with van der Waals surface area (Å²) in [6.45, 7) is 4.57. The molecular weight excluding hydrogens is 479 g/mol. The summed E-state index contributed by atoms with van der Waals surface area (Å²) in [5.74, 6) is -0.211. The van der Waals surface area contributed by atoms with E-state index in [1.807, 2.05) is 27.2 Å². The van der Waals surface area contributed by atoms with E-state index >= 15 is 0 Å². The molecule has 0 fully saturated rings. The van der Waals surface area contributed by atoms with Gasteiger partial charge < -0.3 is 19.8 Å². The van der Waals surface area contributed by atoms with Gasteiger partial charge in [0, 0.05) is 6.42 Å². The molecule has 0 heterocycles. The van der Waals surface area contributed by atoms with Gasteiger partial charge in [-0.05, 0) is 32.1 Å². The fraction of sp³-hybridized carbons (Fsp3) is 0.815. The molecule has 0 spiro atoms. The van der Waals surface area contributed by atoms with Crippen LogP contribution in [0.25, 0.3) is 0 Å². The number of carbonyl (C=O) groups is 1. The highest BCUT2D eigenvalue weighted by molar-refractivity contribution is 7.47. The molecule has 0 aliphatic carbocycles. The Morgan fingerprint density at radius 1 is 0.917 bits per heavy atom. The summed E-state index contributed by atoms with van der Waals surface area (Å²) in [4.78, 5) is 22.4. The number of aliphatic hydroxyl groups is 1. The Hall–Kier alpha value is -1.02. The van der Waals surface area contributed by atoms with Crippen molar-refractivity contribution in [3.8, 4) is 0 Å². The normalized spacial score (nSPS) is 15.9. The highest BCUT2D eigenvalue weighted by Crippen LogP contribution is 2.43. The second kappa shape index (κ2) is 21.0. The first-order valence-electron chi connectivity index (χ1n) is 13.7. The number of hydrogen-bond donors (Lipinski definition) is 3. The number of phosphoric ester groups is 1. The number of rotatable bonds is 23. The van der Waals surface area contributed by atoms with Crippen LogP contribution in [0.1, 0.15) is 90.9 Å². The molecule has 0 rings (SSSR count). The van der Waals surface area contributed by atoms with E-state index in [4.69, 9.17) is 9.05 Å². The van der Waals surface area contributed by atoms with Crippen LogP contribution < -0.4 is 5.32 Å². The van der Waals surface area contributed by atoms with Crippen LogP contribution in [0, 0.1) is 0 Å². The zero-order valence-corrected chi connectivity index (χ0v) is 24.4. The van der Waals surface area contributed by atoms with E-state index in [-0.39, 0.29) is 19.1 Å². The Morgan fingerprint density at radius 3 is 2.17 bits per heavy atom. The summed E-state index contributed by atoms with van der Waals surface area (Å²) >= 11 is 0. The van der Waals surface area contributed by atoms with Crippen molar-refractivity contribution in [1.29, 1.82) is 0 Å². The first kappa shape index (κ1) is 35.0. The van der Waals surface area contributed by atoms with Gasteiger partial charge in [-0.15, -0.1) is 0 Å². The summed E-state index contributed by atoms with van der Waals surface area (Å²) in [7, 11) is 1.54. The molecule has 3 unspecified atom stereocenters. The van der Waals surface area contributed by atoms with Crippen molar-refractivity contribution >= 4 is 13.7 Å². The Bertz CT molecular complexity index is 663. The number of unbranched alkanes of at least 4 members (excludes halogenated alkanes) is 8. The number of carbonyl (C=O) groups excluding carboxylic acids is 1. The van der Waals surface area contributed by atoms with Crippen molar-refractivity contribution in [3.05, 3.63) is 24.3 Å². The van der Waals surface area contributed by atoms with Gasteiger partial charge in [-0.1, -0.05) is 76.7 Å². The summed E-state index contributed by atoms with van der Waals surface area (Å²) in [5.41, 5.74) is 0. The topological polar surface area (TPSA) is 105 Å². The second-order valence-electron chi connectivity index (χ2n) is 10.4. The van der Waals surface area contributed by atoms with Crippen molar-refractivity contribution in [3.63, 3.8) is 0 Å². The molecule has 0 bridgehead atoms. The minimum absolute atomic E-state index is 0.0559. The maximum absolute atomic E-state index is 12.4. The summed E-state index contributed by atoms with van der Waals surface area (Å²) < 4.78 is 23.0. The Kier molecular flexibility index (Phi) is 20.4. The van der Waals surface area contributed by atoms with E-state index < -0.39 is 20.0 Å². The van der Waals surface area contributed by atoms with Gasteiger partial charge in [0.2, 0.25) is 5.91 Å². The minimum Gasteiger partial charge on any atom is -0.387 e. The van der Waals surface area contributed by atoms with Gasteiger partial charge in [0.25, 0.3) is 0 Å². The molecule has 1 amide bonds. The van der Waals surface area contributed by atoms with Crippen molar-refractivity contribution in [2.24, 2.45) is 0 Å². The van der Waals surface area contributed by atoms with E-state index in [1.54, 1.807) is 6.08 Å². The van der Waals surface area contributed by atoms with E-state index in [1.165, 1.54) is 25.7 Å². The third-order valence-electron chi connectivity index (χ3n) is 5.67. The van der Waals surface area contributed by atoms with Gasteiger partial charge in [-0.3, -0.25) is 13.8 Å². The van der Waals surface area contributed by atoms with E-state index in [2.05, 4.69) is 31.3 Å². The van der Waals surface area contributed by atoms with Gasteiger partial charge >= 0.3 is 7.82 Å². The van der Waals surface area contributed by atoms with E-state index in [9.17, 15) is 19.4 Å². The average molecular weight is 534 g/mol. The molecule has 36 heavy (non-hydrogen) atoms. The molecule has 212 valence electrons. The molecule has 0 aliphatic rings. The molecule has 0 aromatic heterocycles. The Labute approximate surface area is 220 Å². The van der Waals surface area contributed by atoms with Crippen LogP contribution in [0.15, 0.2) is 24.3 Å². The van der Waals surface area contributed by atoms with Crippen molar-refractivity contribution in [2.75, 3.05) is 40.9 Å². The first-order valence-corrected chi connectivity index (χ1v) is 15.2. The lowest BCUT2D eigenvalue weighted by atomic mass is 10.1. The van der Waals surface area contributed by atoms with E-state index in [0.717, 1.165) is 44.9 Å². The molecule has 0 saturated heterocycles. The van der Waals surface area contributed by atoms with Gasteiger partial charge in [-0.25, -0.2) is 4.57 Å². The van der Waals surface area contributed by atoms with Crippen molar-refractivity contribution in [1.82, 2.24) is 5.32 Å². The van der Waals surface area contributed by atoms with Crippen LogP contribution in [0.5, 0.6) is 0 Å². The zero-order chi connectivity index (χ0) is 27.3. The molecule has 0 aliphatic heterocycles. The van der Waals surface area contributed by atoms with Gasteiger partial charge in [0.1, 0.15) is 13.2 Å². The highest BCUT2D eigenvalue weighted by atomic mass is 31.2. The SMILES string of the molecule is CCCCCC/C=C/CC/C=C/C(O)C(COP(=O)(O)OCC[N+](C)(C)C)NC(=O)CCCCCC. The molecule has 3 atom stereocenters. The Morgan fingerprint density at radius 2 is 1.53 bits per heavy atom. The predicted octanol–water partition coefficient (Wildman–Crippen LogP) is 5.51. The molecule has 9 heteroatoms. The highest BCUT2D eigenvalue weighted by Gasteiger charge is 2.27. The fourth-order valence-corrected chi connectivity index (χ4v) is 4.08. The standard InChI is InChI=1S/C27H53N2O6P/c1-6-8-10-12-13-14-15-16-17-18-20-26(30)25(28-27(31)21-19-11-9-7-2)24-35-36(32,33)34-23-22-29(3,4)5/h14-15,18,20,25-26,30H,6-13,16-17,19,21-24H2,1-5H3,(H-,28,31,32,33)/p+1/b15-14+,20-18+. The lowest BCUT2D eigenvalue weighted by Gasteiger charge is -2.25. The number of amides is 1. The molecule has 0 aromatic carbocycles. The monoisotopic (exact) mass is 533 g/mol. The first-order chi connectivity index (χ1) is 17.0. The number of hydrogen-bond acceptors (Lipinski definition) is 5. The number of quaternary nitrogens is 1. The number of likely N-dealkylation sites (N-methyl/N-ethyl adjacent to an activating group) is 1. The number of nitrogens with one attached hydrogen (secondary N) is 1. The van der Waals surface area contributed by atoms with E-state index in [0.29, 0.717) is 17.4 Å². The molecule has 8 nitrogen and oxygen atoms in total. The second-order valence-corrected chi connectivity index (χ2v) is 11.9. The maximum Gasteiger partial charge on any atom is 0.472 e. The molecule has 0 saturated carbocycles. The predicted molar refractivity (Wildman–Crippen MR) is 148 cm³/mol. The largest absolute Gasteiger partial charge is 0.472 e. The van der Waals surface area contributed by atoms with Crippen LogP contribution in [0.2, 0.25) is 0 Å². The summed E-state index contributed by atoms with van der Waals surface area (Å²) in [6, 6.07) is -0.850. The average Bonchev–Trinajstić information content (AvgIpc) is 2.79. The number of nitrogens with zero attached hydrogens (tertiary/aromatic N) is 1. The van der Waals surface area contributed by atoms with Gasteiger partial charge in [0.15, 0.2) is 0 Å².